The van der Waals surface area contributed by atoms with Crippen molar-refractivity contribution < 1.29 is 9.18 Å². The zero-order valence-corrected chi connectivity index (χ0v) is 13.9. The van der Waals surface area contributed by atoms with Gasteiger partial charge in [0.2, 0.25) is 5.91 Å². The van der Waals surface area contributed by atoms with Crippen molar-refractivity contribution >= 4 is 16.8 Å². The van der Waals surface area contributed by atoms with E-state index in [-0.39, 0.29) is 36.5 Å². The lowest BCUT2D eigenvalue weighted by atomic mass is 10.2. The number of hydrogen-bond donors (Lipinski definition) is 1. The summed E-state index contributed by atoms with van der Waals surface area (Å²) in [5, 5.41) is 3.15. The van der Waals surface area contributed by atoms with Crippen molar-refractivity contribution in [1.29, 1.82) is 0 Å². The number of rotatable bonds is 4. The van der Waals surface area contributed by atoms with Crippen molar-refractivity contribution in [1.82, 2.24) is 14.9 Å². The van der Waals surface area contributed by atoms with E-state index in [1.54, 1.807) is 36.4 Å². The SMILES string of the molecule is O=C(CCn1cnc2ccccc2c1=O)NCC#Cc1ccccc1F. The van der Waals surface area contributed by atoms with Gasteiger partial charge in [-0.15, -0.1) is 0 Å². The van der Waals surface area contributed by atoms with Crippen molar-refractivity contribution in [2.24, 2.45) is 0 Å². The number of nitrogens with one attached hydrogen (secondary N) is 1. The zero-order valence-electron chi connectivity index (χ0n) is 13.9. The molecule has 5 nitrogen and oxygen atoms in total. The van der Waals surface area contributed by atoms with Gasteiger partial charge in [-0.1, -0.05) is 36.1 Å². The van der Waals surface area contributed by atoms with Crippen molar-refractivity contribution in [3.63, 3.8) is 0 Å². The number of para-hydroxylation sites is 1. The van der Waals surface area contributed by atoms with Gasteiger partial charge in [-0.2, -0.15) is 0 Å². The van der Waals surface area contributed by atoms with E-state index in [1.165, 1.54) is 17.0 Å². The first kappa shape index (κ1) is 17.4. The Labute approximate surface area is 149 Å². The number of aryl methyl sites for hydroxylation is 1. The van der Waals surface area contributed by atoms with Crippen LogP contribution in [0.3, 0.4) is 0 Å². The highest BCUT2D eigenvalue weighted by Gasteiger charge is 2.05. The topological polar surface area (TPSA) is 64.0 Å². The van der Waals surface area contributed by atoms with Gasteiger partial charge < -0.3 is 5.32 Å². The molecule has 0 bridgehead atoms. The molecule has 3 rings (SSSR count). The third-order valence-corrected chi connectivity index (χ3v) is 3.78. The smallest absolute Gasteiger partial charge is 0.261 e. The van der Waals surface area contributed by atoms with Crippen molar-refractivity contribution in [3.8, 4) is 11.8 Å². The predicted molar refractivity (Wildman–Crippen MR) is 96.9 cm³/mol. The molecule has 1 heterocycles. The van der Waals surface area contributed by atoms with E-state index >= 15 is 0 Å². The molecular formula is C20H16FN3O2. The van der Waals surface area contributed by atoms with E-state index < -0.39 is 5.82 Å². The van der Waals surface area contributed by atoms with Crippen molar-refractivity contribution in [2.75, 3.05) is 6.54 Å². The summed E-state index contributed by atoms with van der Waals surface area (Å²) in [5.74, 6) is 4.73. The first-order chi connectivity index (χ1) is 12.6. The van der Waals surface area contributed by atoms with Crippen LogP contribution in [0.2, 0.25) is 0 Å². The minimum atomic E-state index is -0.394. The van der Waals surface area contributed by atoms with E-state index in [0.717, 1.165) is 0 Å². The molecule has 0 unspecified atom stereocenters. The highest BCUT2D eigenvalue weighted by molar-refractivity contribution is 5.77. The van der Waals surface area contributed by atoms with Crippen LogP contribution in [-0.2, 0) is 11.3 Å². The third kappa shape index (κ3) is 4.14. The average molecular weight is 349 g/mol. The van der Waals surface area contributed by atoms with E-state index in [4.69, 9.17) is 0 Å². The first-order valence-corrected chi connectivity index (χ1v) is 8.09. The Morgan fingerprint density at radius 1 is 1.15 bits per heavy atom. The molecular weight excluding hydrogens is 333 g/mol. The van der Waals surface area contributed by atoms with Crippen LogP contribution in [0.5, 0.6) is 0 Å². The molecule has 0 saturated heterocycles. The molecule has 2 aromatic carbocycles. The minimum Gasteiger partial charge on any atom is -0.345 e. The Bertz CT molecular complexity index is 1060. The van der Waals surface area contributed by atoms with Gasteiger partial charge in [-0.05, 0) is 24.3 Å². The van der Waals surface area contributed by atoms with Gasteiger partial charge in [-0.3, -0.25) is 14.2 Å². The summed E-state index contributed by atoms with van der Waals surface area (Å²) in [6.07, 6.45) is 1.57. The fraction of sp³-hybridized carbons (Fsp3) is 0.150. The van der Waals surface area contributed by atoms with E-state index in [2.05, 4.69) is 22.1 Å². The maximum atomic E-state index is 13.4. The number of nitrogens with zero attached hydrogens (tertiary/aromatic N) is 2. The molecule has 6 heteroatoms. The summed E-state index contributed by atoms with van der Waals surface area (Å²) in [6, 6.07) is 13.3. The van der Waals surface area contributed by atoms with E-state index in [9.17, 15) is 14.0 Å². The Hall–Kier alpha value is -3.46. The Kier molecular flexibility index (Phi) is 5.40. The predicted octanol–water partition coefficient (Wildman–Crippen LogP) is 2.09. The van der Waals surface area contributed by atoms with Gasteiger partial charge in [0.15, 0.2) is 0 Å². The lowest BCUT2D eigenvalue weighted by Crippen LogP contribution is -2.27. The van der Waals surface area contributed by atoms with Gasteiger partial charge in [0.25, 0.3) is 5.56 Å². The van der Waals surface area contributed by atoms with E-state index in [0.29, 0.717) is 10.9 Å². The number of benzene rings is 2. The number of carbonyl (C=O) groups excluding carboxylic acids is 1. The maximum absolute atomic E-state index is 13.4. The molecule has 0 aliphatic heterocycles. The summed E-state index contributed by atoms with van der Waals surface area (Å²) < 4.78 is 14.8. The van der Waals surface area contributed by atoms with Crippen LogP contribution < -0.4 is 10.9 Å². The maximum Gasteiger partial charge on any atom is 0.261 e. The molecule has 26 heavy (non-hydrogen) atoms. The van der Waals surface area contributed by atoms with Crippen LogP contribution in [0.4, 0.5) is 4.39 Å². The quantitative estimate of drug-likeness (QED) is 0.734. The standard InChI is InChI=1S/C20H16FN3O2/c21-17-9-3-1-6-15(17)7-5-12-22-19(25)11-13-24-14-23-18-10-4-2-8-16(18)20(24)26/h1-4,6,8-10,14H,11-13H2,(H,22,25). The Balaban J connectivity index is 1.54. The van der Waals surface area contributed by atoms with E-state index in [1.807, 2.05) is 6.07 Å². The molecule has 0 atom stereocenters. The third-order valence-electron chi connectivity index (χ3n) is 3.78. The van der Waals surface area contributed by atoms with Crippen LogP contribution in [-0.4, -0.2) is 22.0 Å². The monoisotopic (exact) mass is 349 g/mol. The number of amides is 1. The van der Waals surface area contributed by atoms with Gasteiger partial charge in [-0.25, -0.2) is 9.37 Å². The van der Waals surface area contributed by atoms with Crippen molar-refractivity contribution in [3.05, 3.63) is 76.6 Å². The van der Waals surface area contributed by atoms with Gasteiger partial charge in [0.05, 0.1) is 29.3 Å². The Morgan fingerprint density at radius 3 is 2.77 bits per heavy atom. The lowest BCUT2D eigenvalue weighted by Gasteiger charge is -2.06. The molecule has 3 aromatic rings. The highest BCUT2D eigenvalue weighted by Crippen LogP contribution is 2.05. The van der Waals surface area contributed by atoms with Crippen LogP contribution >= 0.6 is 0 Å². The average Bonchev–Trinajstić information content (AvgIpc) is 2.66. The molecule has 1 N–H and O–H groups in total. The molecule has 0 fully saturated rings. The Morgan fingerprint density at radius 2 is 1.92 bits per heavy atom. The van der Waals surface area contributed by atoms with Gasteiger partial charge >= 0.3 is 0 Å². The van der Waals surface area contributed by atoms with Crippen LogP contribution in [0.15, 0.2) is 59.7 Å². The summed E-state index contributed by atoms with van der Waals surface area (Å²) >= 11 is 0. The second-order valence-electron chi connectivity index (χ2n) is 5.57. The largest absolute Gasteiger partial charge is 0.345 e. The molecule has 1 aromatic heterocycles. The summed E-state index contributed by atoms with van der Waals surface area (Å²) in [5.41, 5.74) is 0.736. The summed E-state index contributed by atoms with van der Waals surface area (Å²) in [4.78, 5) is 28.4. The van der Waals surface area contributed by atoms with Crippen LogP contribution in [0, 0.1) is 17.7 Å². The van der Waals surface area contributed by atoms with Gasteiger partial charge in [0.1, 0.15) is 5.82 Å². The lowest BCUT2D eigenvalue weighted by molar-refractivity contribution is -0.121. The highest BCUT2D eigenvalue weighted by atomic mass is 19.1. The van der Waals surface area contributed by atoms with Crippen LogP contribution in [0.1, 0.15) is 12.0 Å². The van der Waals surface area contributed by atoms with Crippen LogP contribution in [0.25, 0.3) is 10.9 Å². The number of aromatic nitrogens is 2. The zero-order chi connectivity index (χ0) is 18.4. The fourth-order valence-corrected chi connectivity index (χ4v) is 2.42. The molecule has 0 aliphatic carbocycles. The number of halogens is 1. The molecule has 130 valence electrons. The molecule has 0 aliphatic rings. The molecule has 0 saturated carbocycles. The number of carbonyl (C=O) groups is 1. The normalized spacial score (nSPS) is 10.2. The minimum absolute atomic E-state index is 0.109. The number of hydrogen-bond acceptors (Lipinski definition) is 3. The van der Waals surface area contributed by atoms with Crippen molar-refractivity contribution in [2.45, 2.75) is 13.0 Å². The molecule has 0 spiro atoms. The first-order valence-electron chi connectivity index (χ1n) is 8.09. The molecule has 1 amide bonds. The molecule has 0 radical (unpaired) electrons. The van der Waals surface area contributed by atoms with Gasteiger partial charge in [0, 0.05) is 13.0 Å². The summed E-state index contributed by atoms with van der Waals surface area (Å²) in [6.45, 7) is 0.335. The fourth-order valence-electron chi connectivity index (χ4n) is 2.42. The number of fused-ring (bicyclic) bond motifs is 1. The summed E-state index contributed by atoms with van der Waals surface area (Å²) in [7, 11) is 0. The second-order valence-corrected chi connectivity index (χ2v) is 5.57. The second kappa shape index (κ2) is 8.08.